The summed E-state index contributed by atoms with van der Waals surface area (Å²) in [5.74, 6) is -0.420. The largest absolute Gasteiger partial charge is 0.507 e. The Hall–Kier alpha value is -5.57. The number of aromatic nitrogens is 3. The number of hydrogen-bond donors (Lipinski definition) is 1. The fraction of sp³-hybridized carbons (Fsp3) is 0.250. The number of imidazole rings is 1. The topological polar surface area (TPSA) is 50.9 Å². The van der Waals surface area contributed by atoms with Gasteiger partial charge in [0.2, 0.25) is 0 Å². The third-order valence-electron chi connectivity index (χ3n) is 11.4. The molecule has 61 heavy (non-hydrogen) atoms. The van der Waals surface area contributed by atoms with E-state index in [1.54, 1.807) is 24.4 Å². The van der Waals surface area contributed by atoms with Crippen LogP contribution in [0.3, 0.4) is 0 Å². The second-order valence-corrected chi connectivity index (χ2v) is 17.5. The Bertz CT molecular complexity index is 3190. The third-order valence-corrected chi connectivity index (χ3v) is 11.4. The van der Waals surface area contributed by atoms with Gasteiger partial charge >= 0.3 is 0 Å². The van der Waals surface area contributed by atoms with Gasteiger partial charge in [-0.2, -0.15) is 0 Å². The standard InChI is InChI=1S/C56H56N3O.Pt/c1-33(2)45-14-12-15-46(34(3)4)52(45)41-22-23-50(37(7)28-41)59-51-17-13-16-47(53(51)58-55(59)48-27-36(6)26-38(8)54(48)60)42-29-43(31-44(30-42)56(9,10)11)49-32-40(24-25-57-49)39-20-18-35(5)19-21-39;/h12-28,30-34,60H,1-11H3;/q-1;/i5D3,7D3,33D;. The van der Waals surface area contributed by atoms with Crippen LogP contribution in [-0.4, -0.2) is 19.6 Å². The van der Waals surface area contributed by atoms with E-state index in [9.17, 15) is 5.11 Å². The minimum atomic E-state index is -2.58. The molecule has 0 saturated heterocycles. The Morgan fingerprint density at radius 1 is 0.705 bits per heavy atom. The zero-order chi connectivity index (χ0) is 48.5. The van der Waals surface area contributed by atoms with Gasteiger partial charge in [0.05, 0.1) is 22.3 Å². The van der Waals surface area contributed by atoms with Gasteiger partial charge in [0.15, 0.2) is 0 Å². The number of fused-ring (bicyclic) bond motifs is 1. The van der Waals surface area contributed by atoms with Gasteiger partial charge in [0.1, 0.15) is 11.6 Å². The maximum absolute atomic E-state index is 11.8. The summed E-state index contributed by atoms with van der Waals surface area (Å²) in [4.78, 5) is 10.2. The molecule has 0 aliphatic heterocycles. The fourth-order valence-electron chi connectivity index (χ4n) is 8.25. The van der Waals surface area contributed by atoms with Crippen LogP contribution in [0.1, 0.15) is 109 Å². The normalized spacial score (nSPS) is 14.0. The monoisotopic (exact) mass is 988 g/mol. The fourth-order valence-corrected chi connectivity index (χ4v) is 8.25. The van der Waals surface area contributed by atoms with Crippen LogP contribution >= 0.6 is 0 Å². The van der Waals surface area contributed by atoms with Crippen molar-refractivity contribution >= 4 is 11.0 Å². The SMILES string of the molecule is [2H]C([2H])([2H])c1ccc(-c2ccnc(-c3[c-]c(-c4cccc5c4nc(-c4cc(C)cc(C)c4O)n5-c4ccc(-c5c(C(C)C)cccc5C([2H])(C)C)cc4C([2H])([2H])[2H])cc(C(C)(C)C)c3)c2)cc1.[Pt]. The van der Waals surface area contributed by atoms with Gasteiger partial charge in [-0.3, -0.25) is 9.55 Å². The molecule has 0 aliphatic carbocycles. The molecule has 8 aromatic rings. The molecule has 0 amide bonds. The average Bonchev–Trinajstić information content (AvgIpc) is 3.65. The van der Waals surface area contributed by atoms with Gasteiger partial charge in [-0.05, 0) is 125 Å². The van der Waals surface area contributed by atoms with Gasteiger partial charge in [0.25, 0.3) is 0 Å². The van der Waals surface area contributed by atoms with Crippen molar-refractivity contribution in [2.75, 3.05) is 0 Å². The Balaban J connectivity index is 0.00000684. The number of pyridine rings is 1. The maximum atomic E-state index is 11.8. The number of phenols is 1. The van der Waals surface area contributed by atoms with Crippen LogP contribution in [0.5, 0.6) is 5.75 Å². The summed E-state index contributed by atoms with van der Waals surface area (Å²) in [5.41, 5.74) is 12.9. The Kier molecular flexibility index (Phi) is 9.81. The summed E-state index contributed by atoms with van der Waals surface area (Å²) in [6, 6.07) is 39.8. The summed E-state index contributed by atoms with van der Waals surface area (Å²) in [6.45, 7) is 13.4. The van der Waals surface area contributed by atoms with Crippen LogP contribution in [0.4, 0.5) is 0 Å². The number of nitrogens with zero attached hydrogens (tertiary/aromatic N) is 3. The van der Waals surface area contributed by atoms with Crippen molar-refractivity contribution in [3.8, 4) is 67.5 Å². The van der Waals surface area contributed by atoms with E-state index in [0.717, 1.165) is 55.6 Å². The molecule has 0 bridgehead atoms. The van der Waals surface area contributed by atoms with Crippen molar-refractivity contribution in [3.63, 3.8) is 0 Å². The molecule has 0 atom stereocenters. The van der Waals surface area contributed by atoms with E-state index in [1.807, 2.05) is 111 Å². The van der Waals surface area contributed by atoms with Crippen LogP contribution in [0.25, 0.3) is 72.7 Å². The molecule has 5 heteroatoms. The molecule has 1 N–H and O–H groups in total. The maximum Gasteiger partial charge on any atom is 0.148 e. The molecule has 312 valence electrons. The van der Waals surface area contributed by atoms with Crippen molar-refractivity contribution in [1.82, 2.24) is 14.5 Å². The Morgan fingerprint density at radius 2 is 1.43 bits per heavy atom. The molecule has 8 rings (SSSR count). The molecule has 4 nitrogen and oxygen atoms in total. The number of aromatic hydroxyl groups is 1. The smallest absolute Gasteiger partial charge is 0.148 e. The first-order chi connectivity index (χ1) is 31.3. The first-order valence-electron chi connectivity index (χ1n) is 24.1. The quantitative estimate of drug-likeness (QED) is 0.154. The molecule has 0 unspecified atom stereocenters. The van der Waals surface area contributed by atoms with E-state index in [1.165, 1.54) is 0 Å². The van der Waals surface area contributed by atoms with E-state index < -0.39 is 19.6 Å². The molecule has 2 aromatic heterocycles. The summed E-state index contributed by atoms with van der Waals surface area (Å²) in [7, 11) is 0. The molecule has 6 aromatic carbocycles. The molecule has 0 radical (unpaired) electrons. The van der Waals surface area contributed by atoms with Crippen molar-refractivity contribution in [2.24, 2.45) is 0 Å². The minimum Gasteiger partial charge on any atom is -0.507 e. The summed E-state index contributed by atoms with van der Waals surface area (Å²) >= 11 is 0. The van der Waals surface area contributed by atoms with E-state index >= 15 is 0 Å². The van der Waals surface area contributed by atoms with E-state index in [4.69, 9.17) is 19.6 Å². The van der Waals surface area contributed by atoms with Crippen molar-refractivity contribution in [1.29, 1.82) is 0 Å². The van der Waals surface area contributed by atoms with Gasteiger partial charge in [-0.25, -0.2) is 4.98 Å². The van der Waals surface area contributed by atoms with Gasteiger partial charge in [-0.1, -0.05) is 138 Å². The minimum absolute atomic E-state index is 0. The third kappa shape index (κ3) is 8.40. The number of aryl methyl sites for hydroxylation is 4. The Labute approximate surface area is 386 Å². The van der Waals surface area contributed by atoms with Crippen molar-refractivity contribution in [3.05, 3.63) is 166 Å². The molecular formula is C56H56N3OPt-. The molecular weight excluding hydrogens is 926 g/mol. The van der Waals surface area contributed by atoms with E-state index in [-0.39, 0.29) is 49.3 Å². The predicted molar refractivity (Wildman–Crippen MR) is 252 cm³/mol. The van der Waals surface area contributed by atoms with Gasteiger partial charge in [0, 0.05) is 42.6 Å². The first-order valence-corrected chi connectivity index (χ1v) is 20.6. The molecule has 0 saturated carbocycles. The summed E-state index contributed by atoms with van der Waals surface area (Å²) in [5, 5.41) is 11.8. The van der Waals surface area contributed by atoms with Crippen LogP contribution in [0, 0.1) is 33.6 Å². The second-order valence-electron chi connectivity index (χ2n) is 17.5. The number of phenolic OH excluding ortho intramolecular Hbond substituents is 1. The van der Waals surface area contributed by atoms with Crippen LogP contribution < -0.4 is 0 Å². The number of rotatable bonds is 8. The summed E-state index contributed by atoms with van der Waals surface area (Å²) < 4.78 is 61.5. The van der Waals surface area contributed by atoms with Crippen LogP contribution in [-0.2, 0) is 26.5 Å². The summed E-state index contributed by atoms with van der Waals surface area (Å²) in [6.07, 6.45) is 1.74. The van der Waals surface area contributed by atoms with Crippen molar-refractivity contribution in [2.45, 2.75) is 93.2 Å². The molecule has 0 fully saturated rings. The zero-order valence-corrected chi connectivity index (χ0v) is 38.5. The molecule has 2 heterocycles. The molecule has 0 spiro atoms. The predicted octanol–water partition coefficient (Wildman–Crippen LogP) is 15.0. The van der Waals surface area contributed by atoms with Gasteiger partial charge < -0.3 is 5.11 Å². The first kappa shape index (κ1) is 35.1. The zero-order valence-electron chi connectivity index (χ0n) is 43.2. The van der Waals surface area contributed by atoms with Gasteiger partial charge in [-0.15, -0.1) is 29.3 Å². The van der Waals surface area contributed by atoms with Crippen LogP contribution in [0.2, 0.25) is 0 Å². The molecule has 0 aliphatic rings. The average molecular weight is 989 g/mol. The number of hydrogen-bond acceptors (Lipinski definition) is 3. The number of para-hydroxylation sites is 1. The van der Waals surface area contributed by atoms with Crippen molar-refractivity contribution < 1.29 is 35.8 Å². The van der Waals surface area contributed by atoms with E-state index in [0.29, 0.717) is 44.9 Å². The van der Waals surface area contributed by atoms with E-state index in [2.05, 4.69) is 58.9 Å². The number of benzene rings is 6. The van der Waals surface area contributed by atoms with Crippen LogP contribution in [0.15, 0.2) is 121 Å². The second kappa shape index (κ2) is 17.1. The Morgan fingerprint density at radius 3 is 2.13 bits per heavy atom.